The highest BCUT2D eigenvalue weighted by Gasteiger charge is 2.20. The van der Waals surface area contributed by atoms with Gasteiger partial charge in [0.05, 0.1) is 11.1 Å². The number of benzene rings is 6. The fraction of sp³-hybridized carbons (Fsp3) is 0.100. The van der Waals surface area contributed by atoms with E-state index in [2.05, 4.69) is 102 Å². The SMILES string of the molecule is N#Cc1c2ccccc2c(C#N)c2cc(C=Cc3ccc(N(c4ccccc4)c4cccc5c4CCCC5)cc3)ccc12. The van der Waals surface area contributed by atoms with Gasteiger partial charge < -0.3 is 4.90 Å². The highest BCUT2D eigenvalue weighted by molar-refractivity contribution is 6.09. The van der Waals surface area contributed by atoms with E-state index in [1.807, 2.05) is 42.5 Å². The zero-order valence-electron chi connectivity index (χ0n) is 23.8. The highest BCUT2D eigenvalue weighted by Crippen LogP contribution is 2.40. The first kappa shape index (κ1) is 26.3. The smallest absolute Gasteiger partial charge is 0.100 e. The summed E-state index contributed by atoms with van der Waals surface area (Å²) in [6.45, 7) is 0. The molecule has 0 aliphatic heterocycles. The Bertz CT molecular complexity index is 2090. The summed E-state index contributed by atoms with van der Waals surface area (Å²) in [5.74, 6) is 0. The summed E-state index contributed by atoms with van der Waals surface area (Å²) in [7, 11) is 0. The number of anilines is 3. The molecule has 3 nitrogen and oxygen atoms in total. The van der Waals surface area contributed by atoms with Crippen molar-refractivity contribution in [3.63, 3.8) is 0 Å². The first-order valence-electron chi connectivity index (χ1n) is 14.8. The number of para-hydroxylation sites is 1. The maximum absolute atomic E-state index is 10.0. The molecular formula is C40H29N3. The van der Waals surface area contributed by atoms with Crippen LogP contribution in [-0.2, 0) is 12.8 Å². The zero-order valence-corrected chi connectivity index (χ0v) is 23.8. The van der Waals surface area contributed by atoms with Gasteiger partial charge in [-0.3, -0.25) is 0 Å². The third-order valence-corrected chi connectivity index (χ3v) is 8.52. The van der Waals surface area contributed by atoms with Crippen LogP contribution in [0.25, 0.3) is 33.7 Å². The number of hydrogen-bond acceptors (Lipinski definition) is 3. The van der Waals surface area contributed by atoms with Crippen molar-refractivity contribution in [2.45, 2.75) is 25.7 Å². The topological polar surface area (TPSA) is 50.8 Å². The number of fused-ring (bicyclic) bond motifs is 3. The van der Waals surface area contributed by atoms with Gasteiger partial charge in [-0.1, -0.05) is 91.0 Å². The van der Waals surface area contributed by atoms with Crippen LogP contribution in [0.5, 0.6) is 0 Å². The lowest BCUT2D eigenvalue weighted by Gasteiger charge is -2.30. The molecule has 0 heterocycles. The summed E-state index contributed by atoms with van der Waals surface area (Å²) >= 11 is 0. The van der Waals surface area contributed by atoms with E-state index in [9.17, 15) is 10.5 Å². The monoisotopic (exact) mass is 551 g/mol. The summed E-state index contributed by atoms with van der Waals surface area (Å²) in [6, 6.07) is 44.4. The minimum Gasteiger partial charge on any atom is -0.310 e. The third-order valence-electron chi connectivity index (χ3n) is 8.52. The van der Waals surface area contributed by atoms with Crippen LogP contribution in [0.3, 0.4) is 0 Å². The molecule has 1 aliphatic rings. The average Bonchev–Trinajstić information content (AvgIpc) is 3.07. The molecule has 7 rings (SSSR count). The van der Waals surface area contributed by atoms with Crippen LogP contribution in [0.1, 0.15) is 46.2 Å². The van der Waals surface area contributed by atoms with Crippen LogP contribution in [0.2, 0.25) is 0 Å². The van der Waals surface area contributed by atoms with Crippen molar-refractivity contribution < 1.29 is 0 Å². The molecule has 6 aromatic rings. The van der Waals surface area contributed by atoms with Gasteiger partial charge >= 0.3 is 0 Å². The van der Waals surface area contributed by atoms with Crippen molar-refractivity contribution in [2.75, 3.05) is 4.90 Å². The Labute approximate surface area is 252 Å². The molecule has 0 atom stereocenters. The molecule has 0 amide bonds. The summed E-state index contributed by atoms with van der Waals surface area (Å²) in [6.07, 6.45) is 8.91. The largest absolute Gasteiger partial charge is 0.310 e. The predicted molar refractivity (Wildman–Crippen MR) is 178 cm³/mol. The molecule has 0 saturated carbocycles. The number of aryl methyl sites for hydroxylation is 1. The van der Waals surface area contributed by atoms with Crippen LogP contribution in [0.4, 0.5) is 17.1 Å². The molecule has 0 aromatic heterocycles. The van der Waals surface area contributed by atoms with Crippen molar-refractivity contribution in [1.82, 2.24) is 0 Å². The summed E-state index contributed by atoms with van der Waals surface area (Å²) < 4.78 is 0. The molecule has 43 heavy (non-hydrogen) atoms. The van der Waals surface area contributed by atoms with Crippen LogP contribution in [0.15, 0.2) is 115 Å². The van der Waals surface area contributed by atoms with Gasteiger partial charge in [0, 0.05) is 38.6 Å². The van der Waals surface area contributed by atoms with Crippen LogP contribution < -0.4 is 4.90 Å². The molecule has 0 spiro atoms. The van der Waals surface area contributed by atoms with Crippen molar-refractivity contribution in [3.8, 4) is 12.1 Å². The van der Waals surface area contributed by atoms with Gasteiger partial charge in [-0.15, -0.1) is 0 Å². The van der Waals surface area contributed by atoms with E-state index in [1.54, 1.807) is 0 Å². The van der Waals surface area contributed by atoms with Gasteiger partial charge in [0.15, 0.2) is 0 Å². The predicted octanol–water partition coefficient (Wildman–Crippen LogP) is 10.3. The van der Waals surface area contributed by atoms with Gasteiger partial charge in [-0.2, -0.15) is 10.5 Å². The van der Waals surface area contributed by atoms with Crippen molar-refractivity contribution >= 4 is 50.8 Å². The van der Waals surface area contributed by atoms with E-state index < -0.39 is 0 Å². The Kier molecular flexibility index (Phi) is 6.92. The second kappa shape index (κ2) is 11.3. The van der Waals surface area contributed by atoms with E-state index >= 15 is 0 Å². The maximum Gasteiger partial charge on any atom is 0.100 e. The zero-order chi connectivity index (χ0) is 29.2. The molecule has 0 fully saturated rings. The number of rotatable bonds is 5. The van der Waals surface area contributed by atoms with Crippen LogP contribution >= 0.6 is 0 Å². The van der Waals surface area contributed by atoms with E-state index in [1.165, 1.54) is 29.7 Å². The lowest BCUT2D eigenvalue weighted by atomic mass is 9.90. The van der Waals surface area contributed by atoms with Crippen molar-refractivity contribution in [3.05, 3.63) is 149 Å². The van der Waals surface area contributed by atoms with Gasteiger partial charge in [-0.25, -0.2) is 0 Å². The third kappa shape index (κ3) is 4.82. The molecule has 3 heteroatoms. The fourth-order valence-electron chi connectivity index (χ4n) is 6.44. The number of nitrogens with zero attached hydrogens (tertiary/aromatic N) is 3. The summed E-state index contributed by atoms with van der Waals surface area (Å²) in [5.41, 5.74) is 9.75. The molecule has 0 bridgehead atoms. The second-order valence-corrected chi connectivity index (χ2v) is 11.0. The number of hydrogen-bond donors (Lipinski definition) is 0. The van der Waals surface area contributed by atoms with E-state index in [-0.39, 0.29) is 0 Å². The fourth-order valence-corrected chi connectivity index (χ4v) is 6.44. The quantitative estimate of drug-likeness (QED) is 0.158. The van der Waals surface area contributed by atoms with E-state index in [4.69, 9.17) is 0 Å². The molecule has 0 saturated heterocycles. The number of nitriles is 2. The van der Waals surface area contributed by atoms with Gasteiger partial charge in [0.1, 0.15) is 12.1 Å². The Morgan fingerprint density at radius 2 is 1.14 bits per heavy atom. The van der Waals surface area contributed by atoms with Gasteiger partial charge in [0.25, 0.3) is 0 Å². The minimum atomic E-state index is 0.605. The molecule has 6 aromatic carbocycles. The van der Waals surface area contributed by atoms with Crippen molar-refractivity contribution in [2.24, 2.45) is 0 Å². The maximum atomic E-state index is 10.0. The van der Waals surface area contributed by atoms with Crippen LogP contribution in [-0.4, -0.2) is 0 Å². The lowest BCUT2D eigenvalue weighted by molar-refractivity contribution is 0.686. The first-order chi connectivity index (χ1) is 21.2. The summed E-state index contributed by atoms with van der Waals surface area (Å²) in [5, 5.41) is 23.2. The van der Waals surface area contributed by atoms with E-state index in [0.29, 0.717) is 11.1 Å². The summed E-state index contributed by atoms with van der Waals surface area (Å²) in [4.78, 5) is 2.38. The highest BCUT2D eigenvalue weighted by atomic mass is 15.1. The molecule has 204 valence electrons. The second-order valence-electron chi connectivity index (χ2n) is 11.0. The molecule has 1 aliphatic carbocycles. The molecule has 0 N–H and O–H groups in total. The van der Waals surface area contributed by atoms with Gasteiger partial charge in [-0.05, 0) is 84.3 Å². The van der Waals surface area contributed by atoms with Crippen LogP contribution in [0, 0.1) is 22.7 Å². The van der Waals surface area contributed by atoms with Gasteiger partial charge in [0.2, 0.25) is 0 Å². The minimum absolute atomic E-state index is 0.605. The average molecular weight is 552 g/mol. The molecule has 0 radical (unpaired) electrons. The molecular weight excluding hydrogens is 522 g/mol. The Balaban J connectivity index is 1.24. The normalized spacial score (nSPS) is 12.6. The molecule has 0 unspecified atom stereocenters. The first-order valence-corrected chi connectivity index (χ1v) is 14.8. The Morgan fingerprint density at radius 3 is 1.88 bits per heavy atom. The lowest BCUT2D eigenvalue weighted by Crippen LogP contribution is -2.15. The standard InChI is InChI=1S/C40H29N3/c41-26-38-34-14-6-7-15-35(34)39(27-42)37-25-29(21-24-36(37)38)18-17-28-19-22-32(23-20-28)43(31-11-2-1-3-12-31)40-16-8-10-30-9-4-5-13-33(30)40/h1-3,6-8,10-12,14-25H,4-5,9,13H2. The van der Waals surface area contributed by atoms with E-state index in [0.717, 1.165) is 56.9 Å². The van der Waals surface area contributed by atoms with Crippen molar-refractivity contribution in [1.29, 1.82) is 10.5 Å². The Hall–Kier alpha value is -5.64. The Morgan fingerprint density at radius 1 is 0.535 bits per heavy atom.